The second-order valence-electron chi connectivity index (χ2n) is 13.2. The van der Waals surface area contributed by atoms with E-state index in [0.29, 0.717) is 0 Å². The first-order valence-corrected chi connectivity index (χ1v) is 17.5. The van der Waals surface area contributed by atoms with Crippen LogP contribution in [0.5, 0.6) is 0 Å². The van der Waals surface area contributed by atoms with Crippen LogP contribution in [-0.2, 0) is 0 Å². The summed E-state index contributed by atoms with van der Waals surface area (Å²) in [6, 6.07) is 70.0. The molecular formula is C49H32N2. The van der Waals surface area contributed by atoms with Gasteiger partial charge in [-0.15, -0.1) is 0 Å². The van der Waals surface area contributed by atoms with Gasteiger partial charge in [-0.05, 0) is 102 Å². The van der Waals surface area contributed by atoms with Gasteiger partial charge in [-0.25, -0.2) is 4.98 Å². The van der Waals surface area contributed by atoms with Crippen LogP contribution in [0.3, 0.4) is 0 Å². The molecule has 51 heavy (non-hydrogen) atoms. The Morgan fingerprint density at radius 2 is 0.902 bits per heavy atom. The summed E-state index contributed by atoms with van der Waals surface area (Å²) < 4.78 is 2.26. The van der Waals surface area contributed by atoms with Gasteiger partial charge in [-0.1, -0.05) is 158 Å². The van der Waals surface area contributed by atoms with Crippen molar-refractivity contribution < 1.29 is 0 Å². The summed E-state index contributed by atoms with van der Waals surface area (Å²) >= 11 is 0. The van der Waals surface area contributed by atoms with E-state index in [1.165, 1.54) is 65.7 Å². The third-order valence-corrected chi connectivity index (χ3v) is 10.2. The standard InChI is InChI=1S/C49H32N2/c1-3-13-33(14-4-1)38-29-30-43-44(32-38)48(39-28-23-34-15-7-8-16-37(34)31-39)42-20-10-9-19-41(42)47(43)35-24-26-36(27-25-35)49-50-45-21-11-12-22-46(45)51(49)40-17-5-2-6-18-40/h1-32H. The van der Waals surface area contributed by atoms with Crippen molar-refractivity contribution >= 4 is 43.4 Å². The highest BCUT2D eigenvalue weighted by molar-refractivity contribution is 6.22. The third-order valence-electron chi connectivity index (χ3n) is 10.2. The first-order valence-electron chi connectivity index (χ1n) is 17.5. The summed E-state index contributed by atoms with van der Waals surface area (Å²) in [7, 11) is 0. The summed E-state index contributed by atoms with van der Waals surface area (Å²) in [6.07, 6.45) is 0. The fourth-order valence-electron chi connectivity index (χ4n) is 7.80. The molecule has 0 radical (unpaired) electrons. The summed E-state index contributed by atoms with van der Waals surface area (Å²) in [5.74, 6) is 0.933. The molecule has 9 aromatic carbocycles. The molecule has 10 aromatic rings. The van der Waals surface area contributed by atoms with Gasteiger partial charge in [-0.3, -0.25) is 4.57 Å². The maximum atomic E-state index is 5.13. The Balaban J connectivity index is 1.21. The van der Waals surface area contributed by atoms with E-state index in [2.05, 4.69) is 199 Å². The fourth-order valence-corrected chi connectivity index (χ4v) is 7.80. The van der Waals surface area contributed by atoms with Crippen molar-refractivity contribution in [2.24, 2.45) is 0 Å². The second kappa shape index (κ2) is 12.0. The van der Waals surface area contributed by atoms with Crippen molar-refractivity contribution in [1.29, 1.82) is 0 Å². The van der Waals surface area contributed by atoms with Crippen LogP contribution in [0.1, 0.15) is 0 Å². The number of hydrogen-bond donors (Lipinski definition) is 0. The van der Waals surface area contributed by atoms with Crippen LogP contribution in [0.25, 0.3) is 93.8 Å². The van der Waals surface area contributed by atoms with Gasteiger partial charge in [0.25, 0.3) is 0 Å². The van der Waals surface area contributed by atoms with Crippen molar-refractivity contribution in [3.8, 4) is 50.5 Å². The van der Waals surface area contributed by atoms with E-state index in [1.54, 1.807) is 0 Å². The molecule has 0 N–H and O–H groups in total. The Hall–Kier alpha value is -6.77. The molecule has 238 valence electrons. The van der Waals surface area contributed by atoms with E-state index in [0.717, 1.165) is 28.1 Å². The predicted octanol–water partition coefficient (Wildman–Crippen LogP) is 13.2. The summed E-state index contributed by atoms with van der Waals surface area (Å²) in [5.41, 5.74) is 11.6. The molecule has 0 atom stereocenters. The lowest BCUT2D eigenvalue weighted by Gasteiger charge is -2.19. The molecule has 0 aliphatic rings. The first-order chi connectivity index (χ1) is 25.3. The largest absolute Gasteiger partial charge is 0.292 e. The zero-order valence-corrected chi connectivity index (χ0v) is 27.9. The lowest BCUT2D eigenvalue weighted by molar-refractivity contribution is 1.10. The Bertz CT molecular complexity index is 2880. The number of nitrogens with zero attached hydrogens (tertiary/aromatic N) is 2. The minimum absolute atomic E-state index is 0.933. The van der Waals surface area contributed by atoms with Crippen molar-refractivity contribution in [1.82, 2.24) is 9.55 Å². The van der Waals surface area contributed by atoms with Gasteiger partial charge in [0.05, 0.1) is 11.0 Å². The number of rotatable bonds is 5. The topological polar surface area (TPSA) is 17.8 Å². The van der Waals surface area contributed by atoms with E-state index >= 15 is 0 Å². The number of hydrogen-bond acceptors (Lipinski definition) is 1. The van der Waals surface area contributed by atoms with Crippen molar-refractivity contribution in [2.45, 2.75) is 0 Å². The molecular weight excluding hydrogens is 617 g/mol. The van der Waals surface area contributed by atoms with Crippen LogP contribution in [0.15, 0.2) is 194 Å². The lowest BCUT2D eigenvalue weighted by atomic mass is 9.84. The Labute approximate surface area is 296 Å². The maximum Gasteiger partial charge on any atom is 0.145 e. The van der Waals surface area contributed by atoms with Gasteiger partial charge in [0.1, 0.15) is 5.82 Å². The van der Waals surface area contributed by atoms with E-state index in [4.69, 9.17) is 4.98 Å². The smallest absolute Gasteiger partial charge is 0.145 e. The van der Waals surface area contributed by atoms with E-state index in [1.807, 2.05) is 0 Å². The minimum Gasteiger partial charge on any atom is -0.292 e. The monoisotopic (exact) mass is 648 g/mol. The highest BCUT2D eigenvalue weighted by atomic mass is 15.1. The van der Waals surface area contributed by atoms with E-state index in [9.17, 15) is 0 Å². The Kier molecular flexibility index (Phi) is 6.85. The third kappa shape index (κ3) is 4.92. The van der Waals surface area contributed by atoms with Gasteiger partial charge in [0, 0.05) is 11.3 Å². The predicted molar refractivity (Wildman–Crippen MR) is 215 cm³/mol. The van der Waals surface area contributed by atoms with Crippen molar-refractivity contribution in [3.63, 3.8) is 0 Å². The van der Waals surface area contributed by atoms with Gasteiger partial charge in [0.15, 0.2) is 0 Å². The maximum absolute atomic E-state index is 5.13. The quantitative estimate of drug-likeness (QED) is 0.170. The minimum atomic E-state index is 0.933. The zero-order valence-electron chi connectivity index (χ0n) is 27.9. The molecule has 1 aromatic heterocycles. The molecule has 1 heterocycles. The summed E-state index contributed by atoms with van der Waals surface area (Å²) in [6.45, 7) is 0. The summed E-state index contributed by atoms with van der Waals surface area (Å²) in [5, 5.41) is 7.46. The molecule has 2 heteroatoms. The van der Waals surface area contributed by atoms with Gasteiger partial charge >= 0.3 is 0 Å². The van der Waals surface area contributed by atoms with Crippen molar-refractivity contribution in [3.05, 3.63) is 194 Å². The molecule has 0 fully saturated rings. The lowest BCUT2D eigenvalue weighted by Crippen LogP contribution is -1.97. The Morgan fingerprint density at radius 3 is 1.69 bits per heavy atom. The number of para-hydroxylation sites is 3. The normalized spacial score (nSPS) is 11.5. The van der Waals surface area contributed by atoms with Gasteiger partial charge in [-0.2, -0.15) is 0 Å². The zero-order chi connectivity index (χ0) is 33.7. The number of imidazole rings is 1. The molecule has 0 aliphatic heterocycles. The van der Waals surface area contributed by atoms with Crippen LogP contribution >= 0.6 is 0 Å². The second-order valence-corrected chi connectivity index (χ2v) is 13.2. The molecule has 0 amide bonds. The van der Waals surface area contributed by atoms with Crippen LogP contribution in [-0.4, -0.2) is 9.55 Å². The average molecular weight is 649 g/mol. The van der Waals surface area contributed by atoms with E-state index in [-0.39, 0.29) is 0 Å². The Morgan fingerprint density at radius 1 is 0.333 bits per heavy atom. The molecule has 0 saturated heterocycles. The fraction of sp³-hybridized carbons (Fsp3) is 0. The SMILES string of the molecule is c1ccc(-c2ccc3c(-c4ccc(-c5nc6ccccc6n5-c5ccccc5)cc4)c4ccccc4c(-c4ccc5ccccc5c4)c3c2)cc1. The van der Waals surface area contributed by atoms with Crippen molar-refractivity contribution in [2.75, 3.05) is 0 Å². The number of aromatic nitrogens is 2. The van der Waals surface area contributed by atoms with Crippen LogP contribution in [0.2, 0.25) is 0 Å². The molecule has 0 saturated carbocycles. The van der Waals surface area contributed by atoms with Crippen LogP contribution in [0, 0.1) is 0 Å². The van der Waals surface area contributed by atoms with Gasteiger partial charge in [0.2, 0.25) is 0 Å². The molecule has 0 unspecified atom stereocenters. The number of benzene rings is 9. The molecule has 0 aliphatic carbocycles. The highest BCUT2D eigenvalue weighted by Gasteiger charge is 2.19. The number of fused-ring (bicyclic) bond motifs is 4. The van der Waals surface area contributed by atoms with Gasteiger partial charge < -0.3 is 0 Å². The molecule has 10 rings (SSSR count). The molecule has 0 bridgehead atoms. The average Bonchev–Trinajstić information content (AvgIpc) is 3.60. The highest BCUT2D eigenvalue weighted by Crippen LogP contribution is 2.45. The molecule has 0 spiro atoms. The summed E-state index contributed by atoms with van der Waals surface area (Å²) in [4.78, 5) is 5.13. The van der Waals surface area contributed by atoms with E-state index < -0.39 is 0 Å². The molecule has 2 nitrogen and oxygen atoms in total. The first kappa shape index (κ1) is 29.2. The van der Waals surface area contributed by atoms with Crippen LogP contribution < -0.4 is 0 Å². The van der Waals surface area contributed by atoms with Crippen LogP contribution in [0.4, 0.5) is 0 Å².